The van der Waals surface area contributed by atoms with Gasteiger partial charge in [-0.1, -0.05) is 35.9 Å². The molecule has 0 saturated heterocycles. The number of carbonyl (C=O) groups excluding carboxylic acids is 1. The van der Waals surface area contributed by atoms with E-state index in [1.165, 1.54) is 0 Å². The maximum absolute atomic E-state index is 11.1. The van der Waals surface area contributed by atoms with Crippen LogP contribution in [0.15, 0.2) is 24.3 Å². The molecule has 4 nitrogen and oxygen atoms in total. The Morgan fingerprint density at radius 3 is 2.74 bits per heavy atom. The summed E-state index contributed by atoms with van der Waals surface area (Å²) < 4.78 is 4.78. The number of hydrogen-bond donors (Lipinski definition) is 1. The Balaban J connectivity index is 2.65. The molecule has 0 atom stereocenters. The molecule has 1 N–H and O–H groups in total. The van der Waals surface area contributed by atoms with Gasteiger partial charge in [0.15, 0.2) is 0 Å². The zero-order valence-corrected chi connectivity index (χ0v) is 11.3. The number of carboxylic acid groups (broad SMARTS) is 1. The van der Waals surface area contributed by atoms with Crippen molar-refractivity contribution in [2.75, 3.05) is 6.61 Å². The zero-order chi connectivity index (χ0) is 14.3. The molecule has 1 aromatic carbocycles. The van der Waals surface area contributed by atoms with Gasteiger partial charge in [-0.05, 0) is 24.1 Å². The van der Waals surface area contributed by atoms with E-state index in [4.69, 9.17) is 21.4 Å². The molecule has 0 bridgehead atoms. The minimum absolute atomic E-state index is 0.106. The fourth-order valence-electron chi connectivity index (χ4n) is 1.48. The van der Waals surface area contributed by atoms with Crippen molar-refractivity contribution in [2.24, 2.45) is 0 Å². The Bertz CT molecular complexity index is 494. The average Bonchev–Trinajstić information content (AvgIpc) is 2.32. The highest BCUT2D eigenvalue weighted by Crippen LogP contribution is 2.19. The highest BCUT2D eigenvalue weighted by molar-refractivity contribution is 6.31. The van der Waals surface area contributed by atoms with Crippen LogP contribution in [0.4, 0.5) is 0 Å². The van der Waals surface area contributed by atoms with Crippen LogP contribution in [0.1, 0.15) is 24.5 Å². The second kappa shape index (κ2) is 7.59. The van der Waals surface area contributed by atoms with Gasteiger partial charge in [-0.15, -0.1) is 0 Å². The quantitative estimate of drug-likeness (QED) is 0.815. The zero-order valence-electron chi connectivity index (χ0n) is 10.6. The predicted molar refractivity (Wildman–Crippen MR) is 73.1 cm³/mol. The van der Waals surface area contributed by atoms with Crippen molar-refractivity contribution in [3.05, 3.63) is 40.4 Å². The number of hydrogen-bond acceptors (Lipinski definition) is 3. The van der Waals surface area contributed by atoms with Crippen LogP contribution < -0.4 is 0 Å². The Hall–Kier alpha value is -1.81. The molecule has 5 heteroatoms. The Kier molecular flexibility index (Phi) is 6.09. The third kappa shape index (κ3) is 5.57. The van der Waals surface area contributed by atoms with Gasteiger partial charge in [0, 0.05) is 5.02 Å². The number of ether oxygens (including phenoxy) is 1. The third-order valence-electron chi connectivity index (χ3n) is 2.32. The first-order valence-electron chi connectivity index (χ1n) is 5.85. The lowest BCUT2D eigenvalue weighted by molar-refractivity contribution is -0.142. The van der Waals surface area contributed by atoms with Gasteiger partial charge in [0.1, 0.15) is 0 Å². The maximum Gasteiger partial charge on any atom is 0.309 e. The number of rotatable bonds is 6. The van der Waals surface area contributed by atoms with Crippen LogP contribution in [0.3, 0.4) is 0 Å². The molecule has 19 heavy (non-hydrogen) atoms. The number of aliphatic carboxylic acids is 1. The van der Waals surface area contributed by atoms with E-state index in [9.17, 15) is 9.59 Å². The van der Waals surface area contributed by atoms with Crippen molar-refractivity contribution >= 4 is 29.6 Å². The predicted octanol–water partition coefficient (Wildman–Crippen LogP) is 2.93. The summed E-state index contributed by atoms with van der Waals surface area (Å²) in [6, 6.07) is 5.09. The Morgan fingerprint density at radius 2 is 2.16 bits per heavy atom. The van der Waals surface area contributed by atoms with Gasteiger partial charge in [0.25, 0.3) is 0 Å². The van der Waals surface area contributed by atoms with Crippen LogP contribution in [-0.4, -0.2) is 23.7 Å². The highest BCUT2D eigenvalue weighted by atomic mass is 35.5. The molecule has 0 aliphatic heterocycles. The number of carboxylic acids is 1. The SMILES string of the molecule is CCOC(=O)CC=Cc1ccc(CC(=O)O)c(Cl)c1. The van der Waals surface area contributed by atoms with Crippen LogP contribution in [-0.2, 0) is 20.7 Å². The number of esters is 1. The topological polar surface area (TPSA) is 63.6 Å². The molecule has 0 unspecified atom stereocenters. The molecule has 0 aromatic heterocycles. The highest BCUT2D eigenvalue weighted by Gasteiger charge is 2.05. The van der Waals surface area contributed by atoms with E-state index >= 15 is 0 Å². The second-order valence-corrected chi connectivity index (χ2v) is 4.24. The summed E-state index contributed by atoms with van der Waals surface area (Å²) in [5.74, 6) is -1.21. The molecule has 1 rings (SSSR count). The normalized spacial score (nSPS) is 10.6. The van der Waals surface area contributed by atoms with Crippen LogP contribution in [0, 0.1) is 0 Å². The average molecular weight is 283 g/mol. The molecule has 1 aromatic rings. The van der Waals surface area contributed by atoms with Gasteiger partial charge in [-0.25, -0.2) is 0 Å². The van der Waals surface area contributed by atoms with Crippen molar-refractivity contribution in [3.63, 3.8) is 0 Å². The first-order valence-corrected chi connectivity index (χ1v) is 6.23. The van der Waals surface area contributed by atoms with Crippen LogP contribution >= 0.6 is 11.6 Å². The molecule has 0 fully saturated rings. The lowest BCUT2D eigenvalue weighted by Crippen LogP contribution is -2.01. The molecule has 0 heterocycles. The Labute approximate surface area is 116 Å². The van der Waals surface area contributed by atoms with Gasteiger partial charge in [0.05, 0.1) is 19.4 Å². The standard InChI is InChI=1S/C14H15ClO4/c1-2-19-14(18)5-3-4-10-6-7-11(9-13(16)17)12(15)8-10/h3-4,6-8H,2,5,9H2,1H3,(H,16,17). The molecule has 0 aliphatic rings. The van der Waals surface area contributed by atoms with Crippen molar-refractivity contribution in [2.45, 2.75) is 19.8 Å². The minimum atomic E-state index is -0.924. The summed E-state index contributed by atoms with van der Waals surface area (Å²) in [6.07, 6.45) is 3.52. The summed E-state index contributed by atoms with van der Waals surface area (Å²) in [5.41, 5.74) is 1.38. The van der Waals surface area contributed by atoms with E-state index < -0.39 is 5.97 Å². The smallest absolute Gasteiger partial charge is 0.309 e. The molecule has 102 valence electrons. The molecule has 0 spiro atoms. The van der Waals surface area contributed by atoms with Gasteiger partial charge in [0.2, 0.25) is 0 Å². The fourth-order valence-corrected chi connectivity index (χ4v) is 1.74. The van der Waals surface area contributed by atoms with E-state index in [2.05, 4.69) is 0 Å². The first kappa shape index (κ1) is 15.2. The van der Waals surface area contributed by atoms with Crippen molar-refractivity contribution in [1.82, 2.24) is 0 Å². The van der Waals surface area contributed by atoms with Gasteiger partial charge in [-0.2, -0.15) is 0 Å². The fraction of sp³-hybridized carbons (Fsp3) is 0.286. The van der Waals surface area contributed by atoms with Crippen molar-refractivity contribution in [1.29, 1.82) is 0 Å². The summed E-state index contributed by atoms with van der Waals surface area (Å²) >= 11 is 5.98. The van der Waals surface area contributed by atoms with E-state index in [-0.39, 0.29) is 18.8 Å². The molecular formula is C14H15ClO4. The molecule has 0 amide bonds. The monoisotopic (exact) mass is 282 g/mol. The van der Waals surface area contributed by atoms with Crippen molar-refractivity contribution in [3.8, 4) is 0 Å². The van der Waals surface area contributed by atoms with E-state index in [0.717, 1.165) is 5.56 Å². The van der Waals surface area contributed by atoms with Crippen LogP contribution in [0.5, 0.6) is 0 Å². The number of carbonyl (C=O) groups is 2. The number of halogens is 1. The van der Waals surface area contributed by atoms with Crippen LogP contribution in [0.2, 0.25) is 5.02 Å². The summed E-state index contributed by atoms with van der Waals surface area (Å²) in [7, 11) is 0. The summed E-state index contributed by atoms with van der Waals surface area (Å²) in [5, 5.41) is 9.09. The lowest BCUT2D eigenvalue weighted by atomic mass is 10.1. The van der Waals surface area contributed by atoms with Crippen molar-refractivity contribution < 1.29 is 19.4 Å². The minimum Gasteiger partial charge on any atom is -0.481 e. The van der Waals surface area contributed by atoms with E-state index in [0.29, 0.717) is 17.2 Å². The van der Waals surface area contributed by atoms with E-state index in [1.54, 1.807) is 37.3 Å². The molecule has 0 saturated carbocycles. The summed E-state index contributed by atoms with van der Waals surface area (Å²) in [4.78, 5) is 21.7. The van der Waals surface area contributed by atoms with Crippen LogP contribution in [0.25, 0.3) is 6.08 Å². The molecule has 0 aliphatic carbocycles. The molecular weight excluding hydrogens is 268 g/mol. The number of benzene rings is 1. The van der Waals surface area contributed by atoms with Gasteiger partial charge < -0.3 is 9.84 Å². The van der Waals surface area contributed by atoms with Gasteiger partial charge >= 0.3 is 11.9 Å². The second-order valence-electron chi connectivity index (χ2n) is 3.83. The lowest BCUT2D eigenvalue weighted by Gasteiger charge is -2.02. The first-order chi connectivity index (χ1) is 9.02. The molecule has 0 radical (unpaired) electrons. The largest absolute Gasteiger partial charge is 0.481 e. The van der Waals surface area contributed by atoms with Gasteiger partial charge in [-0.3, -0.25) is 9.59 Å². The maximum atomic E-state index is 11.1. The summed E-state index contributed by atoms with van der Waals surface area (Å²) in [6.45, 7) is 2.12. The Morgan fingerprint density at radius 1 is 1.42 bits per heavy atom. The third-order valence-corrected chi connectivity index (χ3v) is 2.67. The van der Waals surface area contributed by atoms with E-state index in [1.807, 2.05) is 0 Å².